The van der Waals surface area contributed by atoms with Crippen LogP contribution in [0.3, 0.4) is 0 Å². The molecule has 0 saturated carbocycles. The Morgan fingerprint density at radius 2 is 2.05 bits per heavy atom. The molecule has 1 heterocycles. The van der Waals surface area contributed by atoms with Crippen molar-refractivity contribution >= 4 is 12.1 Å². The van der Waals surface area contributed by atoms with Crippen LogP contribution in [0.25, 0.3) is 0 Å². The predicted molar refractivity (Wildman–Crippen MR) is 72.9 cm³/mol. The molecule has 0 spiro atoms. The molecule has 114 valence electrons. The van der Waals surface area contributed by atoms with Gasteiger partial charge in [0.2, 0.25) is 0 Å². The van der Waals surface area contributed by atoms with E-state index in [0.29, 0.717) is 6.42 Å². The summed E-state index contributed by atoms with van der Waals surface area (Å²) >= 11 is 0. The van der Waals surface area contributed by atoms with Crippen LogP contribution in [0.4, 0.5) is 9.18 Å². The molecule has 21 heavy (non-hydrogen) atoms. The van der Waals surface area contributed by atoms with Crippen molar-refractivity contribution < 1.29 is 23.5 Å². The predicted octanol–water partition coefficient (Wildman–Crippen LogP) is 2.49. The van der Waals surface area contributed by atoms with Crippen molar-refractivity contribution in [2.24, 2.45) is 0 Å². The van der Waals surface area contributed by atoms with E-state index in [1.54, 1.807) is 12.1 Å². The molecule has 0 N–H and O–H groups in total. The van der Waals surface area contributed by atoms with Crippen molar-refractivity contribution in [3.63, 3.8) is 0 Å². The van der Waals surface area contributed by atoms with Gasteiger partial charge in [-0.1, -0.05) is 25.5 Å². The molecule has 1 saturated heterocycles. The summed E-state index contributed by atoms with van der Waals surface area (Å²) in [5, 5.41) is 0. The van der Waals surface area contributed by atoms with Crippen LogP contribution in [0.2, 0.25) is 0 Å². The molecular formula is C15H18FNO4. The average molecular weight is 295 g/mol. The van der Waals surface area contributed by atoms with E-state index in [2.05, 4.69) is 0 Å². The van der Waals surface area contributed by atoms with Crippen LogP contribution in [-0.4, -0.2) is 36.2 Å². The maximum atomic E-state index is 12.9. The van der Waals surface area contributed by atoms with Gasteiger partial charge in [-0.15, -0.1) is 0 Å². The lowest BCUT2D eigenvalue weighted by atomic mass is 10.1. The molecule has 1 aromatic rings. The minimum absolute atomic E-state index is 0.180. The van der Waals surface area contributed by atoms with Gasteiger partial charge >= 0.3 is 12.1 Å². The second-order valence-corrected chi connectivity index (χ2v) is 4.93. The number of rotatable bonds is 5. The van der Waals surface area contributed by atoms with Crippen molar-refractivity contribution in [3.8, 4) is 0 Å². The molecule has 2 rings (SSSR count). The van der Waals surface area contributed by atoms with Gasteiger partial charge in [0.05, 0.1) is 13.7 Å². The molecule has 0 radical (unpaired) electrons. The largest absolute Gasteiger partial charge is 0.467 e. The summed E-state index contributed by atoms with van der Waals surface area (Å²) in [5.74, 6) is -0.850. The van der Waals surface area contributed by atoms with E-state index >= 15 is 0 Å². The molecule has 1 aromatic carbocycles. The molecular weight excluding hydrogens is 277 g/mol. The fourth-order valence-corrected chi connectivity index (χ4v) is 2.43. The number of hydrogen-bond acceptors (Lipinski definition) is 4. The second-order valence-electron chi connectivity index (χ2n) is 4.93. The van der Waals surface area contributed by atoms with E-state index in [4.69, 9.17) is 9.47 Å². The van der Waals surface area contributed by atoms with Crippen LogP contribution in [-0.2, 0) is 20.8 Å². The highest BCUT2D eigenvalue weighted by atomic mass is 19.1. The molecule has 0 aromatic heterocycles. The number of carbonyl (C=O) groups is 2. The number of carbonyl (C=O) groups excluding carboxylic acids is 2. The third-order valence-corrected chi connectivity index (χ3v) is 3.46. The number of methoxy groups -OCH3 is 1. The van der Waals surface area contributed by atoms with E-state index in [1.165, 1.54) is 24.1 Å². The topological polar surface area (TPSA) is 55.8 Å². The smallest absolute Gasteiger partial charge is 0.411 e. The lowest BCUT2D eigenvalue weighted by Gasteiger charge is -2.22. The highest BCUT2D eigenvalue weighted by Crippen LogP contribution is 2.26. The first-order chi connectivity index (χ1) is 10.1. The Balaban J connectivity index is 2.20. The zero-order valence-electron chi connectivity index (χ0n) is 12.0. The highest BCUT2D eigenvalue weighted by Gasteiger charge is 2.46. The molecule has 1 fully saturated rings. The Labute approximate surface area is 122 Å². The van der Waals surface area contributed by atoms with Gasteiger partial charge in [0.25, 0.3) is 0 Å². The summed E-state index contributed by atoms with van der Waals surface area (Å²) in [7, 11) is 1.28. The molecule has 5 nitrogen and oxygen atoms in total. The van der Waals surface area contributed by atoms with Crippen LogP contribution in [0, 0.1) is 5.82 Å². The van der Waals surface area contributed by atoms with Gasteiger partial charge in [0.15, 0.2) is 6.04 Å². The fourth-order valence-electron chi connectivity index (χ4n) is 2.43. The number of benzene rings is 1. The quantitative estimate of drug-likeness (QED) is 0.783. The third kappa shape index (κ3) is 3.32. The van der Waals surface area contributed by atoms with Gasteiger partial charge in [0.1, 0.15) is 11.9 Å². The molecule has 0 aliphatic carbocycles. The number of halogens is 1. The maximum Gasteiger partial charge on any atom is 0.411 e. The highest BCUT2D eigenvalue weighted by molar-refractivity contribution is 5.85. The van der Waals surface area contributed by atoms with E-state index < -0.39 is 24.2 Å². The zero-order valence-corrected chi connectivity index (χ0v) is 12.0. The Hall–Kier alpha value is -2.11. The lowest BCUT2D eigenvalue weighted by molar-refractivity contribution is -0.146. The summed E-state index contributed by atoms with van der Waals surface area (Å²) in [5.41, 5.74) is 0.722. The van der Waals surface area contributed by atoms with Crippen LogP contribution >= 0.6 is 0 Å². The summed E-state index contributed by atoms with van der Waals surface area (Å²) < 4.78 is 23.0. The molecule has 1 amide bonds. The monoisotopic (exact) mass is 295 g/mol. The minimum atomic E-state index is -0.757. The zero-order chi connectivity index (χ0) is 15.4. The van der Waals surface area contributed by atoms with Crippen molar-refractivity contribution in [1.82, 2.24) is 4.90 Å². The van der Waals surface area contributed by atoms with Gasteiger partial charge in [-0.3, -0.25) is 4.90 Å². The molecule has 1 aliphatic heterocycles. The number of ether oxygens (including phenoxy) is 2. The van der Waals surface area contributed by atoms with Crippen LogP contribution in [0.15, 0.2) is 24.3 Å². The molecule has 6 heteroatoms. The first kappa shape index (κ1) is 15.3. The Morgan fingerprint density at radius 3 is 2.62 bits per heavy atom. The molecule has 2 atom stereocenters. The molecule has 0 unspecified atom stereocenters. The second kappa shape index (κ2) is 6.56. The van der Waals surface area contributed by atoms with Crippen molar-refractivity contribution in [2.45, 2.75) is 38.5 Å². The maximum absolute atomic E-state index is 12.9. The Morgan fingerprint density at radius 1 is 1.38 bits per heavy atom. The van der Waals surface area contributed by atoms with E-state index in [1.807, 2.05) is 6.92 Å². The van der Waals surface area contributed by atoms with Crippen LogP contribution in [0.1, 0.15) is 25.3 Å². The minimum Gasteiger partial charge on any atom is -0.467 e. The average Bonchev–Trinajstić information content (AvgIpc) is 2.77. The van der Waals surface area contributed by atoms with Crippen molar-refractivity contribution in [3.05, 3.63) is 35.6 Å². The van der Waals surface area contributed by atoms with Crippen molar-refractivity contribution in [1.29, 1.82) is 0 Å². The number of amides is 1. The fraction of sp³-hybridized carbons (Fsp3) is 0.467. The Bertz CT molecular complexity index is 517. The SMILES string of the molecule is CCC[C@@H]1OC(=O)N(Cc2ccc(F)cc2)[C@H]1C(=O)OC. The first-order valence-corrected chi connectivity index (χ1v) is 6.86. The summed E-state index contributed by atoms with van der Waals surface area (Å²) in [6, 6.07) is 5.02. The summed E-state index contributed by atoms with van der Waals surface area (Å²) in [6.07, 6.45) is 0.324. The van der Waals surface area contributed by atoms with Gasteiger partial charge in [-0.05, 0) is 24.1 Å². The molecule has 0 bridgehead atoms. The van der Waals surface area contributed by atoms with Gasteiger partial charge < -0.3 is 9.47 Å². The third-order valence-electron chi connectivity index (χ3n) is 3.46. The first-order valence-electron chi connectivity index (χ1n) is 6.86. The van der Waals surface area contributed by atoms with Gasteiger partial charge in [-0.25, -0.2) is 14.0 Å². The standard InChI is InChI=1S/C15H18FNO4/c1-3-4-12-13(14(18)20-2)17(15(19)21-12)9-10-5-7-11(16)8-6-10/h5-8,12-13H,3-4,9H2,1-2H3/t12-,13+/m0/s1. The Kier molecular flexibility index (Phi) is 4.77. The molecule has 1 aliphatic rings. The normalized spacial score (nSPS) is 21.3. The van der Waals surface area contributed by atoms with E-state index in [9.17, 15) is 14.0 Å². The lowest BCUT2D eigenvalue weighted by Crippen LogP contribution is -2.43. The number of nitrogens with zero attached hydrogens (tertiary/aromatic N) is 1. The number of cyclic esters (lactones) is 1. The van der Waals surface area contributed by atoms with Crippen molar-refractivity contribution in [2.75, 3.05) is 7.11 Å². The van der Waals surface area contributed by atoms with E-state index in [0.717, 1.165) is 12.0 Å². The van der Waals surface area contributed by atoms with E-state index in [-0.39, 0.29) is 12.4 Å². The van der Waals surface area contributed by atoms with Crippen LogP contribution in [0.5, 0.6) is 0 Å². The summed E-state index contributed by atoms with van der Waals surface area (Å²) in [4.78, 5) is 25.3. The van der Waals surface area contributed by atoms with Crippen LogP contribution < -0.4 is 0 Å². The van der Waals surface area contributed by atoms with Gasteiger partial charge in [-0.2, -0.15) is 0 Å². The number of hydrogen-bond donors (Lipinski definition) is 0. The number of esters is 1. The summed E-state index contributed by atoms with van der Waals surface area (Å²) in [6.45, 7) is 2.13. The van der Waals surface area contributed by atoms with Gasteiger partial charge in [0, 0.05) is 0 Å².